The van der Waals surface area contributed by atoms with Crippen molar-refractivity contribution in [2.45, 2.75) is 37.2 Å². The molecule has 0 radical (unpaired) electrons. The van der Waals surface area contributed by atoms with Crippen LogP contribution in [0.1, 0.15) is 13.3 Å². The Bertz CT molecular complexity index is 673. The molecule has 0 unspecified atom stereocenters. The number of rotatable bonds is 3. The average molecular weight is 350 g/mol. The molecule has 0 N–H and O–H groups in total. The van der Waals surface area contributed by atoms with Crippen LogP contribution in [0.3, 0.4) is 0 Å². The van der Waals surface area contributed by atoms with Gasteiger partial charge in [0.05, 0.1) is 24.9 Å². The molecular weight excluding hydrogens is 335 g/mol. The molecule has 0 spiro atoms. The molecule has 1 aliphatic rings. The van der Waals surface area contributed by atoms with Gasteiger partial charge in [0.1, 0.15) is 6.04 Å². The number of methoxy groups -OCH3 is 2. The predicted octanol–water partition coefficient (Wildman–Crippen LogP) is 3.41. The average Bonchev–Trinajstić information content (AvgIpc) is 2.82. The maximum Gasteiger partial charge on any atom is 0.419 e. The molecule has 24 heavy (non-hydrogen) atoms. The topological polar surface area (TPSA) is 45.5 Å². The summed E-state index contributed by atoms with van der Waals surface area (Å²) in [6, 6.07) is 1.01. The van der Waals surface area contributed by atoms with Crippen LogP contribution in [0.25, 0.3) is 0 Å². The Morgan fingerprint density at radius 1 is 1.29 bits per heavy atom. The molecule has 2 rings (SSSR count). The highest BCUT2D eigenvalue weighted by atomic mass is 19.4. The van der Waals surface area contributed by atoms with Crippen LogP contribution in [0, 0.1) is 23.0 Å². The first-order chi connectivity index (χ1) is 11.1. The van der Waals surface area contributed by atoms with Gasteiger partial charge in [0.2, 0.25) is 5.82 Å². The number of benzene rings is 1. The monoisotopic (exact) mass is 350 g/mol. The zero-order valence-corrected chi connectivity index (χ0v) is 13.1. The van der Waals surface area contributed by atoms with Crippen molar-refractivity contribution >= 4 is 5.69 Å². The number of nitriles is 1. The Labute approximate surface area is 135 Å². The van der Waals surface area contributed by atoms with E-state index < -0.39 is 47.7 Å². The van der Waals surface area contributed by atoms with Gasteiger partial charge in [-0.15, -0.1) is 0 Å². The number of nitrogens with zero attached hydrogens (tertiary/aromatic N) is 2. The maximum absolute atomic E-state index is 13.9. The molecule has 3 atom stereocenters. The third-order valence-corrected chi connectivity index (χ3v) is 4.43. The second-order valence-electron chi connectivity index (χ2n) is 5.44. The van der Waals surface area contributed by atoms with E-state index in [0.29, 0.717) is 0 Å². The summed E-state index contributed by atoms with van der Waals surface area (Å²) in [5.41, 5.74) is -2.75. The molecule has 0 bridgehead atoms. The summed E-state index contributed by atoms with van der Waals surface area (Å²) >= 11 is 0. The van der Waals surface area contributed by atoms with Crippen molar-refractivity contribution in [3.8, 4) is 11.8 Å². The van der Waals surface area contributed by atoms with Crippen molar-refractivity contribution in [3.63, 3.8) is 0 Å². The van der Waals surface area contributed by atoms with Crippen molar-refractivity contribution in [2.75, 3.05) is 19.1 Å². The molecular formula is C15H15F5N2O2. The molecule has 0 aliphatic carbocycles. The minimum atomic E-state index is -4.75. The summed E-state index contributed by atoms with van der Waals surface area (Å²) in [7, 11) is 1.97. The van der Waals surface area contributed by atoms with Crippen molar-refractivity contribution in [3.05, 3.63) is 23.8 Å². The second kappa shape index (κ2) is 6.09. The van der Waals surface area contributed by atoms with Crippen LogP contribution in [0.15, 0.2) is 12.1 Å². The van der Waals surface area contributed by atoms with Crippen LogP contribution in [0.4, 0.5) is 27.6 Å². The standard InChI is InChI=1S/C15H15F5N2O2/c1-8-14(24-3,15(18,19)20)6-9(7-21)22(8)11-5-4-10(16)12(17)13(11)23-2/h4-5,8-9H,6H2,1-3H3/t8-,9+,14-/m1/s1. The zero-order chi connectivity index (χ0) is 18.3. The number of hydrogen-bond donors (Lipinski definition) is 0. The van der Waals surface area contributed by atoms with Crippen LogP contribution < -0.4 is 9.64 Å². The summed E-state index contributed by atoms with van der Waals surface area (Å²) in [5, 5.41) is 9.27. The highest BCUT2D eigenvalue weighted by molar-refractivity contribution is 5.63. The summed E-state index contributed by atoms with van der Waals surface area (Å²) in [6.45, 7) is 1.22. The molecule has 0 amide bonds. The van der Waals surface area contributed by atoms with Crippen LogP contribution in [-0.2, 0) is 4.74 Å². The third kappa shape index (κ3) is 2.45. The summed E-state index contributed by atoms with van der Waals surface area (Å²) in [4.78, 5) is 1.05. The van der Waals surface area contributed by atoms with Gasteiger partial charge >= 0.3 is 6.18 Å². The molecule has 0 saturated carbocycles. The number of hydrogen-bond acceptors (Lipinski definition) is 4. The van der Waals surface area contributed by atoms with Gasteiger partial charge in [-0.1, -0.05) is 0 Å². The van der Waals surface area contributed by atoms with Gasteiger partial charge in [-0.2, -0.15) is 22.8 Å². The van der Waals surface area contributed by atoms with Crippen LogP contribution >= 0.6 is 0 Å². The molecule has 1 aromatic carbocycles. The first-order valence-corrected chi connectivity index (χ1v) is 6.96. The molecule has 1 aliphatic heterocycles. The zero-order valence-electron chi connectivity index (χ0n) is 13.1. The molecule has 9 heteroatoms. The molecule has 4 nitrogen and oxygen atoms in total. The quantitative estimate of drug-likeness (QED) is 0.784. The molecule has 1 saturated heterocycles. The lowest BCUT2D eigenvalue weighted by atomic mass is 9.93. The number of halogens is 5. The SMILES string of the molecule is COc1c(N2[C@H](C#N)C[C@](OC)(C(F)(F)F)[C@H]2C)ccc(F)c1F. The molecule has 1 aromatic rings. The largest absolute Gasteiger partial charge is 0.491 e. The predicted molar refractivity (Wildman–Crippen MR) is 74.7 cm³/mol. The highest BCUT2D eigenvalue weighted by Crippen LogP contribution is 2.50. The molecule has 1 fully saturated rings. The fraction of sp³-hybridized carbons (Fsp3) is 0.533. The van der Waals surface area contributed by atoms with E-state index in [1.807, 2.05) is 0 Å². The molecule has 0 aromatic heterocycles. The lowest BCUT2D eigenvalue weighted by molar-refractivity contribution is -0.270. The summed E-state index contributed by atoms with van der Waals surface area (Å²) in [5.74, 6) is -3.10. The van der Waals surface area contributed by atoms with E-state index in [9.17, 15) is 27.2 Å². The van der Waals surface area contributed by atoms with E-state index in [4.69, 9.17) is 9.47 Å². The normalized spacial score (nSPS) is 27.2. The Kier molecular flexibility index (Phi) is 4.63. The van der Waals surface area contributed by atoms with E-state index in [1.165, 1.54) is 6.92 Å². The summed E-state index contributed by atoms with van der Waals surface area (Å²) < 4.78 is 77.6. The minimum Gasteiger partial charge on any atom is -0.491 e. The van der Waals surface area contributed by atoms with Crippen molar-refractivity contribution in [1.29, 1.82) is 5.26 Å². The van der Waals surface area contributed by atoms with E-state index in [0.717, 1.165) is 31.3 Å². The lowest BCUT2D eigenvalue weighted by Gasteiger charge is -2.37. The van der Waals surface area contributed by atoms with Crippen LogP contribution in [0.5, 0.6) is 5.75 Å². The second-order valence-corrected chi connectivity index (χ2v) is 5.44. The van der Waals surface area contributed by atoms with Gasteiger partial charge in [-0.3, -0.25) is 0 Å². The smallest absolute Gasteiger partial charge is 0.419 e. The Morgan fingerprint density at radius 3 is 2.38 bits per heavy atom. The number of ether oxygens (including phenoxy) is 2. The molecule has 132 valence electrons. The number of alkyl halides is 3. The number of anilines is 1. The van der Waals surface area contributed by atoms with E-state index >= 15 is 0 Å². The van der Waals surface area contributed by atoms with Gasteiger partial charge in [0, 0.05) is 13.5 Å². The van der Waals surface area contributed by atoms with Crippen LogP contribution in [0.2, 0.25) is 0 Å². The molecule has 1 heterocycles. The van der Waals surface area contributed by atoms with E-state index in [-0.39, 0.29) is 5.69 Å². The third-order valence-electron chi connectivity index (χ3n) is 4.43. The Balaban J connectivity index is 2.63. The first-order valence-electron chi connectivity index (χ1n) is 6.96. The van der Waals surface area contributed by atoms with Crippen molar-refractivity contribution < 1.29 is 31.4 Å². The first kappa shape index (κ1) is 18.3. The van der Waals surface area contributed by atoms with Gasteiger partial charge < -0.3 is 14.4 Å². The fourth-order valence-corrected chi connectivity index (χ4v) is 3.18. The maximum atomic E-state index is 13.9. The highest BCUT2D eigenvalue weighted by Gasteiger charge is 2.66. The van der Waals surface area contributed by atoms with Crippen LogP contribution in [-0.4, -0.2) is 38.1 Å². The fourth-order valence-electron chi connectivity index (χ4n) is 3.18. The lowest BCUT2D eigenvalue weighted by Crippen LogP contribution is -2.55. The van der Waals surface area contributed by atoms with Gasteiger partial charge in [-0.25, -0.2) is 4.39 Å². The Hall–Kier alpha value is -2.08. The van der Waals surface area contributed by atoms with Gasteiger partial charge in [-0.05, 0) is 19.1 Å². The van der Waals surface area contributed by atoms with Gasteiger partial charge in [0.25, 0.3) is 0 Å². The van der Waals surface area contributed by atoms with Gasteiger partial charge in [0.15, 0.2) is 17.2 Å². The Morgan fingerprint density at radius 2 is 1.92 bits per heavy atom. The minimum absolute atomic E-state index is 0.140. The van der Waals surface area contributed by atoms with Crippen molar-refractivity contribution in [1.82, 2.24) is 0 Å². The van der Waals surface area contributed by atoms with E-state index in [2.05, 4.69) is 0 Å². The summed E-state index contributed by atoms with van der Waals surface area (Å²) in [6.07, 6.45) is -5.41. The van der Waals surface area contributed by atoms with Crippen molar-refractivity contribution in [2.24, 2.45) is 0 Å². The van der Waals surface area contributed by atoms with E-state index in [1.54, 1.807) is 6.07 Å².